The van der Waals surface area contributed by atoms with Crippen molar-refractivity contribution in [1.82, 2.24) is 14.9 Å². The second kappa shape index (κ2) is 24.5. The summed E-state index contributed by atoms with van der Waals surface area (Å²) in [4.78, 5) is 36.9. The molecule has 2 aromatic rings. The van der Waals surface area contributed by atoms with Gasteiger partial charge < -0.3 is 33.9 Å². The van der Waals surface area contributed by atoms with Crippen molar-refractivity contribution in [3.63, 3.8) is 0 Å². The summed E-state index contributed by atoms with van der Waals surface area (Å²) in [5, 5.41) is 13.3. The van der Waals surface area contributed by atoms with Crippen LogP contribution >= 0.6 is 7.82 Å². The molecular weight excluding hydrogens is 609 g/mol. The number of aromatic nitrogens is 2. The first-order chi connectivity index (χ1) is 21.9. The maximum absolute atomic E-state index is 11.7. The maximum Gasteiger partial charge on any atom is 0.435 e. The van der Waals surface area contributed by atoms with Gasteiger partial charge in [-0.3, -0.25) is 9.36 Å². The lowest BCUT2D eigenvalue weighted by atomic mass is 10.0. The minimum absolute atomic E-state index is 0.122. The molecule has 0 saturated heterocycles. The van der Waals surface area contributed by atoms with Crippen LogP contribution < -0.4 is 10.2 Å². The highest BCUT2D eigenvalue weighted by Gasteiger charge is 2.16. The van der Waals surface area contributed by atoms with Gasteiger partial charge in [-0.25, -0.2) is 4.57 Å². The third kappa shape index (κ3) is 22.8. The number of rotatable bonds is 25. The van der Waals surface area contributed by atoms with E-state index in [1.807, 2.05) is 51.5 Å². The average Bonchev–Trinajstić information content (AvgIpc) is 3.46. The predicted molar refractivity (Wildman–Crippen MR) is 180 cm³/mol. The fourth-order valence-corrected chi connectivity index (χ4v) is 5.27. The van der Waals surface area contributed by atoms with E-state index in [0.717, 1.165) is 24.8 Å². The zero-order valence-electron chi connectivity index (χ0n) is 28.6. The van der Waals surface area contributed by atoms with E-state index in [1.165, 1.54) is 87.6 Å². The molecule has 1 amide bonds. The van der Waals surface area contributed by atoms with Crippen LogP contribution in [0, 0.1) is 10.1 Å². The molecule has 2 rings (SSSR count). The van der Waals surface area contributed by atoms with Crippen molar-refractivity contribution in [3.05, 3.63) is 58.4 Å². The molecule has 0 radical (unpaired) electrons. The number of nitrogens with one attached hydrogen (secondary N) is 1. The third-order valence-corrected chi connectivity index (χ3v) is 8.26. The molecule has 12 nitrogen and oxygen atoms in total. The molecular formula is C33H58N5O7P. The number of phosphoric ester groups is 1. The number of amides is 1. The molecule has 0 aliphatic carbocycles. The standard InChI is InChI=1S/C21H46NO4P.C12H12N4O3/c1-5-6-7-8-9-10-11-12-13-14-15-16-17-18-20-25-27(23,24)26-21-19-22(2,3)4;17-11(14-8-10-4-2-1-3-5-10)9-15-7-6-13-12(15)16(18)19/h5-21H2,1-4H3;1-7H,8-9H2,(H,14,17). The fraction of sp³-hybridized carbons (Fsp3) is 0.697. The molecule has 1 N–H and O–H groups in total. The van der Waals surface area contributed by atoms with Gasteiger partial charge >= 0.3 is 5.95 Å². The van der Waals surface area contributed by atoms with Crippen LogP contribution in [-0.4, -0.2) is 65.8 Å². The van der Waals surface area contributed by atoms with E-state index in [4.69, 9.17) is 9.05 Å². The number of nitrogens with zero attached hydrogens (tertiary/aromatic N) is 4. The van der Waals surface area contributed by atoms with Crippen LogP contribution in [0.4, 0.5) is 5.95 Å². The Kier molecular flexibility index (Phi) is 22.1. The van der Waals surface area contributed by atoms with E-state index < -0.39 is 12.7 Å². The summed E-state index contributed by atoms with van der Waals surface area (Å²) in [5.74, 6) is -0.639. The number of quaternary nitrogens is 1. The number of likely N-dealkylation sites (N-methyl/N-ethyl adjacent to an activating group) is 1. The molecule has 0 saturated carbocycles. The molecule has 1 unspecified atom stereocenters. The van der Waals surface area contributed by atoms with Crippen LogP contribution in [0.3, 0.4) is 0 Å². The third-order valence-electron chi connectivity index (χ3n) is 7.26. The quantitative estimate of drug-likeness (QED) is 0.0400. The number of unbranched alkanes of at least 4 members (excludes halogenated alkanes) is 13. The van der Waals surface area contributed by atoms with Crippen LogP contribution in [0.5, 0.6) is 0 Å². The topological polar surface area (TPSA) is 149 Å². The lowest BCUT2D eigenvalue weighted by Gasteiger charge is -2.27. The summed E-state index contributed by atoms with van der Waals surface area (Å²) < 4.78 is 23.3. The molecule has 46 heavy (non-hydrogen) atoms. The summed E-state index contributed by atoms with van der Waals surface area (Å²) in [6.07, 6.45) is 20.6. The lowest BCUT2D eigenvalue weighted by molar-refractivity contribution is -0.870. The first-order valence-corrected chi connectivity index (χ1v) is 18.3. The van der Waals surface area contributed by atoms with Gasteiger partial charge in [-0.1, -0.05) is 126 Å². The molecule has 1 atom stereocenters. The Morgan fingerprint density at radius 2 is 1.41 bits per heavy atom. The number of hydrogen-bond acceptors (Lipinski definition) is 8. The van der Waals surface area contributed by atoms with E-state index in [1.54, 1.807) is 0 Å². The molecule has 0 fully saturated rings. The summed E-state index contributed by atoms with van der Waals surface area (Å²) in [5.41, 5.74) is 0.969. The zero-order chi connectivity index (χ0) is 34.1. The Morgan fingerprint density at radius 1 is 0.891 bits per heavy atom. The number of benzene rings is 1. The van der Waals surface area contributed by atoms with E-state index in [2.05, 4.69) is 17.2 Å². The minimum Gasteiger partial charge on any atom is -0.756 e. The Balaban J connectivity index is 0.000000485. The Labute approximate surface area is 276 Å². The van der Waals surface area contributed by atoms with Gasteiger partial charge in [0.25, 0.3) is 13.7 Å². The minimum atomic E-state index is -4.13. The first kappa shape index (κ1) is 41.4. The van der Waals surface area contributed by atoms with Crippen molar-refractivity contribution in [2.45, 2.75) is 110 Å². The summed E-state index contributed by atoms with van der Waals surface area (Å²) in [7, 11) is 1.86. The molecule has 0 spiro atoms. The molecule has 1 aromatic carbocycles. The molecule has 1 aromatic heterocycles. The zero-order valence-corrected chi connectivity index (χ0v) is 29.5. The summed E-state index contributed by atoms with van der Waals surface area (Å²) >= 11 is 0. The van der Waals surface area contributed by atoms with Gasteiger partial charge in [0.15, 0.2) is 6.54 Å². The van der Waals surface area contributed by atoms with Crippen LogP contribution in [0.25, 0.3) is 0 Å². The highest BCUT2D eigenvalue weighted by Crippen LogP contribution is 2.38. The smallest absolute Gasteiger partial charge is 0.435 e. The highest BCUT2D eigenvalue weighted by molar-refractivity contribution is 7.45. The number of phosphoric acid groups is 1. The van der Waals surface area contributed by atoms with Crippen molar-refractivity contribution < 1.29 is 32.7 Å². The van der Waals surface area contributed by atoms with Gasteiger partial charge in [0.05, 0.1) is 27.7 Å². The molecule has 262 valence electrons. The average molecular weight is 668 g/mol. The molecule has 0 aliphatic heterocycles. The number of carbonyl (C=O) groups is 1. The van der Waals surface area contributed by atoms with Crippen molar-refractivity contribution in [2.24, 2.45) is 0 Å². The highest BCUT2D eigenvalue weighted by atomic mass is 31.2. The van der Waals surface area contributed by atoms with Crippen LogP contribution in [0.15, 0.2) is 42.7 Å². The molecule has 1 heterocycles. The van der Waals surface area contributed by atoms with E-state index in [0.29, 0.717) is 17.6 Å². The van der Waals surface area contributed by atoms with E-state index in [-0.39, 0.29) is 31.6 Å². The van der Waals surface area contributed by atoms with E-state index in [9.17, 15) is 24.4 Å². The van der Waals surface area contributed by atoms with Gasteiger partial charge in [0.1, 0.15) is 25.5 Å². The van der Waals surface area contributed by atoms with Gasteiger partial charge in [-0.15, -0.1) is 0 Å². The van der Waals surface area contributed by atoms with Crippen molar-refractivity contribution in [1.29, 1.82) is 0 Å². The summed E-state index contributed by atoms with van der Waals surface area (Å²) in [6, 6.07) is 9.42. The Bertz CT molecular complexity index is 1130. The number of carbonyl (C=O) groups excluding carboxylic acids is 1. The number of nitro groups is 1. The van der Waals surface area contributed by atoms with Crippen molar-refractivity contribution in [2.75, 3.05) is 40.9 Å². The van der Waals surface area contributed by atoms with Crippen LogP contribution in [0.1, 0.15) is 102 Å². The monoisotopic (exact) mass is 667 g/mol. The fourth-order valence-electron chi connectivity index (χ4n) is 4.54. The van der Waals surface area contributed by atoms with Gasteiger partial charge in [-0.2, -0.15) is 0 Å². The van der Waals surface area contributed by atoms with Crippen LogP contribution in [0.2, 0.25) is 0 Å². The second-order valence-electron chi connectivity index (χ2n) is 12.6. The SMILES string of the molecule is CCCCCCCCCCCCCCCCOP(=O)([O-])OCC[N+](C)(C)C.O=C(Cn1ccnc1[N+](=O)[O-])NCc1ccccc1. The molecule has 13 heteroatoms. The summed E-state index contributed by atoms with van der Waals surface area (Å²) in [6.45, 7) is 3.57. The maximum atomic E-state index is 11.7. The van der Waals surface area contributed by atoms with Crippen molar-refractivity contribution >= 4 is 19.7 Å². The number of imidazole rings is 1. The Morgan fingerprint density at radius 3 is 1.93 bits per heavy atom. The molecule has 0 aliphatic rings. The molecule has 0 bridgehead atoms. The normalized spacial score (nSPS) is 12.6. The van der Waals surface area contributed by atoms with Crippen molar-refractivity contribution in [3.8, 4) is 0 Å². The Hall–Kier alpha value is -2.63. The van der Waals surface area contributed by atoms with Crippen LogP contribution in [-0.2, 0) is 31.5 Å². The second-order valence-corrected chi connectivity index (χ2v) is 14.0. The van der Waals surface area contributed by atoms with Gasteiger partial charge in [0.2, 0.25) is 0 Å². The van der Waals surface area contributed by atoms with Gasteiger partial charge in [-0.05, 0) is 16.9 Å². The number of hydrogen-bond donors (Lipinski definition) is 1. The van der Waals surface area contributed by atoms with Gasteiger partial charge in [0, 0.05) is 6.54 Å². The predicted octanol–water partition coefficient (Wildman–Crippen LogP) is 6.78. The first-order valence-electron chi connectivity index (χ1n) is 16.8. The lowest BCUT2D eigenvalue weighted by Crippen LogP contribution is -2.37. The van der Waals surface area contributed by atoms with E-state index >= 15 is 0 Å². The largest absolute Gasteiger partial charge is 0.756 e.